The topological polar surface area (TPSA) is 86.2 Å². The molecule has 78 valence electrons. The van der Waals surface area contributed by atoms with Gasteiger partial charge in [0, 0.05) is 11.8 Å². The summed E-state index contributed by atoms with van der Waals surface area (Å²) in [7, 11) is 0. The third kappa shape index (κ3) is 13.9. The summed E-state index contributed by atoms with van der Waals surface area (Å²) in [5.41, 5.74) is 9.33. The third-order valence-electron chi connectivity index (χ3n) is 1.24. The summed E-state index contributed by atoms with van der Waals surface area (Å²) in [4.78, 5) is 20.1. The summed E-state index contributed by atoms with van der Waals surface area (Å²) < 4.78 is 0. The Balaban J connectivity index is 0. The van der Waals surface area contributed by atoms with Crippen LogP contribution in [0, 0.1) is 5.41 Å². The van der Waals surface area contributed by atoms with E-state index < -0.39 is 0 Å². The summed E-state index contributed by atoms with van der Waals surface area (Å²) in [6.07, 6.45) is 1.37. The van der Waals surface area contributed by atoms with Gasteiger partial charge in [-0.1, -0.05) is 27.7 Å². The Morgan fingerprint density at radius 3 is 1.46 bits per heavy atom. The Morgan fingerprint density at radius 2 is 1.46 bits per heavy atom. The van der Waals surface area contributed by atoms with Crippen LogP contribution in [0.25, 0.3) is 0 Å². The lowest BCUT2D eigenvalue weighted by Gasteiger charge is -2.10. The first-order valence-corrected chi connectivity index (χ1v) is 4.30. The minimum atomic E-state index is -0.361. The Bertz CT molecular complexity index is 171. The van der Waals surface area contributed by atoms with Crippen LogP contribution < -0.4 is 11.5 Å². The first kappa shape index (κ1) is 14.5. The zero-order chi connectivity index (χ0) is 11.1. The molecule has 0 aliphatic rings. The average Bonchev–Trinajstić information content (AvgIpc) is 1.85. The smallest absolute Gasteiger partial charge is 0.222 e. The van der Waals surface area contributed by atoms with Crippen LogP contribution in [0.3, 0.4) is 0 Å². The highest BCUT2D eigenvalue weighted by Crippen LogP contribution is 2.09. The maximum absolute atomic E-state index is 10.2. The number of rotatable bonds is 2. The van der Waals surface area contributed by atoms with Crippen molar-refractivity contribution in [3.8, 4) is 0 Å². The van der Waals surface area contributed by atoms with Gasteiger partial charge in [0.2, 0.25) is 11.8 Å². The van der Waals surface area contributed by atoms with Gasteiger partial charge in [-0.05, 0) is 6.42 Å². The average molecular weight is 188 g/mol. The number of carbonyl (C=O) groups excluding carboxylic acids is 2. The van der Waals surface area contributed by atoms with Crippen molar-refractivity contribution in [1.82, 2.24) is 0 Å². The monoisotopic (exact) mass is 188 g/mol. The molecule has 4 nitrogen and oxygen atoms in total. The Hall–Kier alpha value is -1.06. The largest absolute Gasteiger partial charge is 0.370 e. The Kier molecular flexibility index (Phi) is 7.18. The van der Waals surface area contributed by atoms with Crippen molar-refractivity contribution in [1.29, 1.82) is 0 Å². The third-order valence-corrected chi connectivity index (χ3v) is 1.24. The van der Waals surface area contributed by atoms with E-state index in [2.05, 4.69) is 0 Å². The molecule has 0 saturated heterocycles. The number of hydrogen-bond donors (Lipinski definition) is 2. The fourth-order valence-electron chi connectivity index (χ4n) is 0.246. The quantitative estimate of drug-likeness (QED) is 0.671. The lowest BCUT2D eigenvalue weighted by molar-refractivity contribution is -0.125. The predicted octanol–water partition coefficient (Wildman–Crippen LogP) is 0.790. The number of carbonyl (C=O) groups is 2. The SMILES string of the molecule is CC(C)(C)C(N)=O.CCCC(N)=O. The van der Waals surface area contributed by atoms with Crippen LogP contribution in [0.5, 0.6) is 0 Å². The van der Waals surface area contributed by atoms with Crippen molar-refractivity contribution >= 4 is 11.8 Å². The normalized spacial score (nSPS) is 9.85. The fourth-order valence-corrected chi connectivity index (χ4v) is 0.246. The van der Waals surface area contributed by atoms with Crippen molar-refractivity contribution in [2.75, 3.05) is 0 Å². The lowest BCUT2D eigenvalue weighted by atomic mass is 9.96. The number of nitrogens with two attached hydrogens (primary N) is 2. The van der Waals surface area contributed by atoms with Gasteiger partial charge in [0.1, 0.15) is 0 Å². The maximum atomic E-state index is 10.2. The molecule has 0 aromatic heterocycles. The zero-order valence-corrected chi connectivity index (χ0v) is 8.89. The van der Waals surface area contributed by atoms with Gasteiger partial charge in [0.15, 0.2) is 0 Å². The molecule has 0 spiro atoms. The molecule has 0 radical (unpaired) electrons. The van der Waals surface area contributed by atoms with Crippen molar-refractivity contribution in [3.63, 3.8) is 0 Å². The molecule has 0 fully saturated rings. The molecule has 0 aromatic carbocycles. The molecule has 4 N–H and O–H groups in total. The molecule has 0 aliphatic carbocycles. The van der Waals surface area contributed by atoms with Crippen molar-refractivity contribution in [2.45, 2.75) is 40.5 Å². The standard InChI is InChI=1S/C5H11NO.C4H9NO/c1-5(2,3)4(6)7;1-2-3-4(5)6/h1-3H3,(H2,6,7);2-3H2,1H3,(H2,5,6). The van der Waals surface area contributed by atoms with Crippen LogP contribution >= 0.6 is 0 Å². The molecule has 2 amide bonds. The second kappa shape index (κ2) is 6.46. The fraction of sp³-hybridized carbons (Fsp3) is 0.778. The van der Waals surface area contributed by atoms with Crippen molar-refractivity contribution in [3.05, 3.63) is 0 Å². The van der Waals surface area contributed by atoms with E-state index in [1.54, 1.807) is 20.8 Å². The van der Waals surface area contributed by atoms with Gasteiger partial charge in [-0.3, -0.25) is 9.59 Å². The second-order valence-corrected chi connectivity index (χ2v) is 3.83. The minimum absolute atomic E-state index is 0.211. The highest BCUT2D eigenvalue weighted by atomic mass is 16.1. The second-order valence-electron chi connectivity index (χ2n) is 3.83. The molecule has 0 aliphatic heterocycles. The van der Waals surface area contributed by atoms with Gasteiger partial charge in [-0.15, -0.1) is 0 Å². The first-order valence-electron chi connectivity index (χ1n) is 4.30. The minimum Gasteiger partial charge on any atom is -0.370 e. The van der Waals surface area contributed by atoms with E-state index in [0.717, 1.165) is 6.42 Å². The highest BCUT2D eigenvalue weighted by Gasteiger charge is 2.16. The van der Waals surface area contributed by atoms with Crippen LogP contribution in [0.15, 0.2) is 0 Å². The molecule has 0 bridgehead atoms. The summed E-state index contributed by atoms with van der Waals surface area (Å²) in [6.45, 7) is 7.28. The van der Waals surface area contributed by atoms with E-state index in [0.29, 0.717) is 6.42 Å². The molecule has 0 rings (SSSR count). The van der Waals surface area contributed by atoms with Crippen molar-refractivity contribution in [2.24, 2.45) is 16.9 Å². The van der Waals surface area contributed by atoms with Crippen LogP contribution in [0.4, 0.5) is 0 Å². The predicted molar refractivity (Wildman–Crippen MR) is 52.8 cm³/mol. The van der Waals surface area contributed by atoms with Crippen LogP contribution in [0.1, 0.15) is 40.5 Å². The Morgan fingerprint density at radius 1 is 1.15 bits per heavy atom. The zero-order valence-electron chi connectivity index (χ0n) is 8.89. The molecule has 13 heavy (non-hydrogen) atoms. The van der Waals surface area contributed by atoms with E-state index in [4.69, 9.17) is 11.5 Å². The number of hydrogen-bond acceptors (Lipinski definition) is 2. The van der Waals surface area contributed by atoms with Gasteiger partial charge in [0.05, 0.1) is 0 Å². The molecule has 0 aromatic rings. The van der Waals surface area contributed by atoms with E-state index in [1.165, 1.54) is 0 Å². The maximum Gasteiger partial charge on any atom is 0.222 e. The first-order chi connectivity index (χ1) is 5.71. The van der Waals surface area contributed by atoms with E-state index in [-0.39, 0.29) is 17.2 Å². The van der Waals surface area contributed by atoms with E-state index in [9.17, 15) is 9.59 Å². The van der Waals surface area contributed by atoms with Gasteiger partial charge in [-0.2, -0.15) is 0 Å². The molecule has 0 saturated carbocycles. The van der Waals surface area contributed by atoms with Crippen molar-refractivity contribution < 1.29 is 9.59 Å². The van der Waals surface area contributed by atoms with Crippen LogP contribution in [-0.4, -0.2) is 11.8 Å². The number of primary amides is 2. The van der Waals surface area contributed by atoms with Gasteiger partial charge in [0.25, 0.3) is 0 Å². The molecular weight excluding hydrogens is 168 g/mol. The number of amides is 2. The highest BCUT2D eigenvalue weighted by molar-refractivity contribution is 5.79. The van der Waals surface area contributed by atoms with Gasteiger partial charge < -0.3 is 11.5 Å². The summed E-state index contributed by atoms with van der Waals surface area (Å²) in [6, 6.07) is 0. The summed E-state index contributed by atoms with van der Waals surface area (Å²) >= 11 is 0. The van der Waals surface area contributed by atoms with Gasteiger partial charge >= 0.3 is 0 Å². The molecule has 0 atom stereocenters. The van der Waals surface area contributed by atoms with Crippen LogP contribution in [0.2, 0.25) is 0 Å². The summed E-state index contributed by atoms with van der Waals surface area (Å²) in [5.74, 6) is -0.468. The van der Waals surface area contributed by atoms with Gasteiger partial charge in [-0.25, -0.2) is 0 Å². The molecule has 0 unspecified atom stereocenters. The lowest BCUT2D eigenvalue weighted by Crippen LogP contribution is -2.27. The van der Waals surface area contributed by atoms with E-state index in [1.807, 2.05) is 6.92 Å². The summed E-state index contributed by atoms with van der Waals surface area (Å²) in [5, 5.41) is 0. The Labute approximate surface area is 79.7 Å². The molecule has 4 heteroatoms. The molecular formula is C9H20N2O2. The molecule has 0 heterocycles. The van der Waals surface area contributed by atoms with E-state index >= 15 is 0 Å². The van der Waals surface area contributed by atoms with Crippen LogP contribution in [-0.2, 0) is 9.59 Å².